The average molecular weight is 402 g/mol. The number of para-hydroxylation sites is 1. The van der Waals surface area contributed by atoms with Gasteiger partial charge in [0.15, 0.2) is 11.3 Å². The van der Waals surface area contributed by atoms with Crippen molar-refractivity contribution in [1.29, 1.82) is 0 Å². The average Bonchev–Trinajstić information content (AvgIpc) is 3.53. The highest BCUT2D eigenvalue weighted by Crippen LogP contribution is 2.38. The summed E-state index contributed by atoms with van der Waals surface area (Å²) in [5.41, 5.74) is 2.57. The Bertz CT molecular complexity index is 1150. The van der Waals surface area contributed by atoms with Gasteiger partial charge in [0.1, 0.15) is 5.58 Å². The van der Waals surface area contributed by atoms with Crippen LogP contribution in [0.2, 0.25) is 0 Å². The number of fused-ring (bicyclic) bond motifs is 3. The molecule has 5 nitrogen and oxygen atoms in total. The molecule has 4 aromatic rings. The molecule has 1 fully saturated rings. The van der Waals surface area contributed by atoms with Crippen LogP contribution in [0.15, 0.2) is 65.3 Å². The van der Waals surface area contributed by atoms with Crippen LogP contribution >= 0.6 is 0 Å². The summed E-state index contributed by atoms with van der Waals surface area (Å²) in [5.74, 6) is 1.29. The van der Waals surface area contributed by atoms with E-state index in [1.165, 1.54) is 12.8 Å². The van der Waals surface area contributed by atoms with Gasteiger partial charge < -0.3 is 14.5 Å². The second kappa shape index (κ2) is 8.99. The topological polar surface area (TPSA) is 64.4 Å². The van der Waals surface area contributed by atoms with Crippen LogP contribution in [0.1, 0.15) is 43.5 Å². The maximum Gasteiger partial charge on any atom is 0.256 e. The molecule has 0 unspecified atom stereocenters. The number of aromatic nitrogens is 1. The first kappa shape index (κ1) is 20.0. The van der Waals surface area contributed by atoms with Crippen LogP contribution in [-0.2, 0) is 0 Å². The molecular weight excluding hydrogens is 376 g/mol. The molecule has 0 bridgehead atoms. The van der Waals surface area contributed by atoms with Gasteiger partial charge in [0, 0.05) is 17.0 Å². The van der Waals surface area contributed by atoms with E-state index in [1.54, 1.807) is 18.5 Å². The molecule has 0 atom stereocenters. The number of carbonyl (C=O) groups excluding carboxylic acids is 1. The van der Waals surface area contributed by atoms with Gasteiger partial charge in [-0.1, -0.05) is 44.9 Å². The molecule has 30 heavy (non-hydrogen) atoms. The number of nitrogens with one attached hydrogen (secondary N) is 1. The number of amides is 1. The van der Waals surface area contributed by atoms with Crippen molar-refractivity contribution >= 4 is 33.5 Å². The minimum absolute atomic E-state index is 0.200. The van der Waals surface area contributed by atoms with Gasteiger partial charge in [-0.3, -0.25) is 9.78 Å². The molecule has 154 valence electrons. The van der Waals surface area contributed by atoms with E-state index in [4.69, 9.17) is 9.15 Å². The van der Waals surface area contributed by atoms with Crippen LogP contribution in [-0.4, -0.2) is 17.5 Å². The molecule has 5 rings (SSSR count). The summed E-state index contributed by atoms with van der Waals surface area (Å²) >= 11 is 0. The number of pyridine rings is 1. The lowest BCUT2D eigenvalue weighted by atomic mass is 10.0. The first-order chi connectivity index (χ1) is 14.8. The van der Waals surface area contributed by atoms with Crippen molar-refractivity contribution in [3.63, 3.8) is 0 Å². The number of ether oxygens (including phenoxy) is 1. The van der Waals surface area contributed by atoms with Gasteiger partial charge in [-0.15, -0.1) is 0 Å². The minimum Gasteiger partial charge on any atom is -0.490 e. The molecule has 2 aromatic heterocycles. The zero-order valence-corrected chi connectivity index (χ0v) is 17.4. The summed E-state index contributed by atoms with van der Waals surface area (Å²) in [6.45, 7) is 4.66. The number of furan rings is 1. The fourth-order valence-corrected chi connectivity index (χ4v) is 3.48. The van der Waals surface area contributed by atoms with Crippen molar-refractivity contribution in [2.45, 2.75) is 33.1 Å². The van der Waals surface area contributed by atoms with E-state index in [2.05, 4.69) is 10.3 Å². The van der Waals surface area contributed by atoms with E-state index in [-0.39, 0.29) is 5.91 Å². The van der Waals surface area contributed by atoms with Crippen molar-refractivity contribution in [1.82, 2.24) is 4.98 Å². The van der Waals surface area contributed by atoms with Crippen molar-refractivity contribution in [3.8, 4) is 5.75 Å². The smallest absolute Gasteiger partial charge is 0.256 e. The number of hydrogen-bond donors (Lipinski definition) is 1. The lowest BCUT2D eigenvalue weighted by molar-refractivity contribution is 0.102. The summed E-state index contributed by atoms with van der Waals surface area (Å²) in [6.07, 6.45) is 6.96. The van der Waals surface area contributed by atoms with Gasteiger partial charge in [0.25, 0.3) is 5.91 Å². The fraction of sp³-hybridized carbons (Fsp3) is 0.280. The van der Waals surface area contributed by atoms with E-state index in [9.17, 15) is 4.79 Å². The third kappa shape index (κ3) is 4.15. The predicted molar refractivity (Wildman–Crippen MR) is 120 cm³/mol. The van der Waals surface area contributed by atoms with Gasteiger partial charge in [0.05, 0.1) is 24.1 Å². The maximum absolute atomic E-state index is 13.0. The Labute approximate surface area is 176 Å². The van der Waals surface area contributed by atoms with Gasteiger partial charge in [-0.25, -0.2) is 0 Å². The van der Waals surface area contributed by atoms with E-state index in [0.717, 1.165) is 28.7 Å². The summed E-state index contributed by atoms with van der Waals surface area (Å²) in [6, 6.07) is 15.0. The van der Waals surface area contributed by atoms with Crippen molar-refractivity contribution in [2.75, 3.05) is 11.9 Å². The van der Waals surface area contributed by atoms with E-state index in [1.807, 2.05) is 56.3 Å². The number of rotatable bonds is 6. The van der Waals surface area contributed by atoms with Gasteiger partial charge in [0.2, 0.25) is 0 Å². The highest BCUT2D eigenvalue weighted by molar-refractivity contribution is 6.20. The number of benzene rings is 2. The van der Waals surface area contributed by atoms with Gasteiger partial charge in [-0.05, 0) is 42.7 Å². The summed E-state index contributed by atoms with van der Waals surface area (Å²) in [5, 5.41) is 4.59. The molecule has 1 saturated carbocycles. The van der Waals surface area contributed by atoms with Crippen LogP contribution in [0.4, 0.5) is 5.69 Å². The molecule has 1 aliphatic carbocycles. The molecule has 2 heterocycles. The molecule has 1 aliphatic rings. The summed E-state index contributed by atoms with van der Waals surface area (Å²) in [4.78, 5) is 17.0. The first-order valence-corrected chi connectivity index (χ1v) is 10.6. The quantitative estimate of drug-likeness (QED) is 0.403. The Kier molecular flexibility index (Phi) is 5.98. The van der Waals surface area contributed by atoms with Crippen molar-refractivity contribution in [2.24, 2.45) is 5.92 Å². The lowest BCUT2D eigenvalue weighted by Crippen LogP contribution is -2.12. The van der Waals surface area contributed by atoms with Crippen molar-refractivity contribution < 1.29 is 13.9 Å². The summed E-state index contributed by atoms with van der Waals surface area (Å²) in [7, 11) is 0. The van der Waals surface area contributed by atoms with Crippen LogP contribution in [0.25, 0.3) is 21.9 Å². The monoisotopic (exact) mass is 402 g/mol. The summed E-state index contributed by atoms with van der Waals surface area (Å²) < 4.78 is 12.1. The molecule has 1 amide bonds. The Morgan fingerprint density at radius 3 is 2.73 bits per heavy atom. The Hall–Kier alpha value is -3.34. The molecule has 2 aromatic carbocycles. The first-order valence-electron chi connectivity index (χ1n) is 10.6. The molecule has 0 saturated heterocycles. The van der Waals surface area contributed by atoms with E-state index in [0.29, 0.717) is 29.2 Å². The zero-order valence-electron chi connectivity index (χ0n) is 17.4. The molecule has 0 spiro atoms. The van der Waals surface area contributed by atoms with Crippen molar-refractivity contribution in [3.05, 3.63) is 66.5 Å². The maximum atomic E-state index is 13.0. The Morgan fingerprint density at radius 2 is 1.97 bits per heavy atom. The normalized spacial score (nSPS) is 13.0. The number of carbonyl (C=O) groups is 1. The highest BCUT2D eigenvalue weighted by Gasteiger charge is 2.22. The third-order valence-electron chi connectivity index (χ3n) is 5.13. The molecule has 0 radical (unpaired) electrons. The Morgan fingerprint density at radius 1 is 1.13 bits per heavy atom. The second-order valence-corrected chi connectivity index (χ2v) is 7.19. The van der Waals surface area contributed by atoms with Crippen LogP contribution in [0.5, 0.6) is 5.75 Å². The van der Waals surface area contributed by atoms with E-state index < -0.39 is 0 Å². The van der Waals surface area contributed by atoms with Crippen LogP contribution in [0, 0.1) is 5.92 Å². The fourth-order valence-electron chi connectivity index (χ4n) is 3.48. The van der Waals surface area contributed by atoms with Crippen LogP contribution < -0.4 is 10.1 Å². The number of anilines is 1. The molecule has 0 aliphatic heterocycles. The van der Waals surface area contributed by atoms with Crippen LogP contribution in [0.3, 0.4) is 0 Å². The molecule has 1 N–H and O–H groups in total. The van der Waals surface area contributed by atoms with Gasteiger partial charge in [-0.2, -0.15) is 0 Å². The predicted octanol–water partition coefficient (Wildman–Crippen LogP) is 6.44. The Balaban J connectivity index is 0.00000106. The zero-order chi connectivity index (χ0) is 20.9. The highest BCUT2D eigenvalue weighted by atomic mass is 16.5. The lowest BCUT2D eigenvalue weighted by Gasteiger charge is -2.10. The molecule has 5 heteroatoms. The SMILES string of the molecule is CC.O=C(Nc1cccnc1)c1ccc(OCCC2CC2)c2oc3ccccc3c12. The van der Waals surface area contributed by atoms with Gasteiger partial charge >= 0.3 is 0 Å². The largest absolute Gasteiger partial charge is 0.490 e. The third-order valence-corrected chi connectivity index (χ3v) is 5.13. The number of hydrogen-bond acceptors (Lipinski definition) is 4. The standard InChI is InChI=1S/C23H20N2O3.C2H6/c26-23(25-16-4-3-12-24-14-16)18-9-10-20(27-13-11-15-7-8-15)22-21(18)17-5-1-2-6-19(17)28-22;1-2/h1-6,9-10,12,14-15H,7-8,11,13H2,(H,25,26);1-2H3. The molecular formula is C25H26N2O3. The van der Waals surface area contributed by atoms with E-state index >= 15 is 0 Å². The minimum atomic E-state index is -0.200. The number of nitrogens with zero attached hydrogens (tertiary/aromatic N) is 1. The second-order valence-electron chi connectivity index (χ2n) is 7.19.